The smallest absolute Gasteiger partial charge is 0.336 e. The van der Waals surface area contributed by atoms with Crippen LogP contribution in [0.1, 0.15) is 20.7 Å². The first kappa shape index (κ1) is 17.8. The van der Waals surface area contributed by atoms with Crippen LogP contribution >= 0.6 is 24.8 Å². The summed E-state index contributed by atoms with van der Waals surface area (Å²) in [5.41, 5.74) is 0.280. The van der Waals surface area contributed by atoms with Gasteiger partial charge in [0.15, 0.2) is 0 Å². The van der Waals surface area contributed by atoms with E-state index in [-0.39, 0.29) is 35.9 Å². The van der Waals surface area contributed by atoms with Gasteiger partial charge in [-0.25, -0.2) is 9.59 Å². The Bertz CT molecular complexity index is 746. The molecule has 3 aromatic rings. The number of hydrogen-bond donors (Lipinski definition) is 2. The highest BCUT2D eigenvalue weighted by Gasteiger charge is 2.20. The van der Waals surface area contributed by atoms with E-state index in [9.17, 15) is 19.8 Å². The second-order valence-corrected chi connectivity index (χ2v) is 4.45. The number of carboxylic acid groups (broad SMARTS) is 2. The highest BCUT2D eigenvalue weighted by atomic mass is 35.5. The molecular formula is C16H12Cl2O4. The van der Waals surface area contributed by atoms with E-state index in [2.05, 4.69) is 0 Å². The third kappa shape index (κ3) is 2.58. The molecule has 3 aromatic carbocycles. The highest BCUT2D eigenvalue weighted by molar-refractivity contribution is 6.23. The number of carboxylic acids is 2. The predicted octanol–water partition coefficient (Wildman–Crippen LogP) is 4.23. The van der Waals surface area contributed by atoms with Crippen LogP contribution in [0.25, 0.3) is 21.5 Å². The quantitative estimate of drug-likeness (QED) is 0.685. The van der Waals surface area contributed by atoms with Gasteiger partial charge >= 0.3 is 11.9 Å². The second-order valence-electron chi connectivity index (χ2n) is 4.45. The van der Waals surface area contributed by atoms with Crippen LogP contribution in [-0.2, 0) is 0 Å². The summed E-state index contributed by atoms with van der Waals surface area (Å²) in [6.45, 7) is 0. The van der Waals surface area contributed by atoms with Gasteiger partial charge in [0.1, 0.15) is 0 Å². The fourth-order valence-electron chi connectivity index (χ4n) is 2.59. The van der Waals surface area contributed by atoms with E-state index in [1.54, 1.807) is 48.5 Å². The van der Waals surface area contributed by atoms with Gasteiger partial charge in [-0.2, -0.15) is 0 Å². The Morgan fingerprint density at radius 1 is 0.591 bits per heavy atom. The Labute approximate surface area is 138 Å². The Morgan fingerprint density at radius 3 is 1.00 bits per heavy atom. The Morgan fingerprint density at radius 2 is 0.818 bits per heavy atom. The number of benzene rings is 3. The monoisotopic (exact) mass is 338 g/mol. The minimum absolute atomic E-state index is 0. The van der Waals surface area contributed by atoms with Crippen molar-refractivity contribution in [2.24, 2.45) is 0 Å². The lowest BCUT2D eigenvalue weighted by Crippen LogP contribution is -2.05. The molecule has 0 bridgehead atoms. The zero-order valence-electron chi connectivity index (χ0n) is 11.1. The summed E-state index contributed by atoms with van der Waals surface area (Å²) in [5.74, 6) is -2.12. The van der Waals surface area contributed by atoms with Crippen LogP contribution in [0.15, 0.2) is 48.5 Å². The average Bonchev–Trinajstić information content (AvgIpc) is 2.43. The number of fused-ring (bicyclic) bond motifs is 2. The van der Waals surface area contributed by atoms with E-state index in [4.69, 9.17) is 0 Å². The molecule has 3 rings (SSSR count). The standard InChI is InChI=1S/C16H10O4.2ClH/c17-15(18)13-9-5-1-2-6-10(9)14(16(19)20)12-8-4-3-7-11(12)13;;/h1-8H,(H,17,18)(H,19,20);2*1H. The van der Waals surface area contributed by atoms with Crippen molar-refractivity contribution in [3.05, 3.63) is 59.7 Å². The topological polar surface area (TPSA) is 74.6 Å². The van der Waals surface area contributed by atoms with Gasteiger partial charge in [-0.1, -0.05) is 48.5 Å². The summed E-state index contributed by atoms with van der Waals surface area (Å²) in [5, 5.41) is 20.7. The first-order valence-corrected chi connectivity index (χ1v) is 6.01. The Kier molecular flexibility index (Phi) is 5.36. The van der Waals surface area contributed by atoms with Gasteiger partial charge in [0.05, 0.1) is 11.1 Å². The fourth-order valence-corrected chi connectivity index (χ4v) is 2.59. The van der Waals surface area contributed by atoms with Crippen LogP contribution in [0.2, 0.25) is 0 Å². The predicted molar refractivity (Wildman–Crippen MR) is 89.9 cm³/mol. The molecule has 6 heteroatoms. The maximum absolute atomic E-state index is 11.6. The summed E-state index contributed by atoms with van der Waals surface area (Å²) in [6.07, 6.45) is 0. The zero-order chi connectivity index (χ0) is 14.3. The number of rotatable bonds is 2. The summed E-state index contributed by atoms with van der Waals surface area (Å²) < 4.78 is 0. The van der Waals surface area contributed by atoms with Gasteiger partial charge in [-0.3, -0.25) is 0 Å². The molecule has 0 amide bonds. The first-order chi connectivity index (χ1) is 9.61. The van der Waals surface area contributed by atoms with Crippen LogP contribution in [0.3, 0.4) is 0 Å². The molecule has 0 heterocycles. The minimum atomic E-state index is -1.06. The SMILES string of the molecule is Cl.Cl.O=C(O)c1c2ccccc2c(C(=O)O)c2ccccc12. The van der Waals surface area contributed by atoms with E-state index < -0.39 is 11.9 Å². The maximum Gasteiger partial charge on any atom is 0.336 e. The van der Waals surface area contributed by atoms with E-state index in [0.29, 0.717) is 21.5 Å². The lowest BCUT2D eigenvalue weighted by molar-refractivity contribution is 0.0687. The molecule has 0 atom stereocenters. The van der Waals surface area contributed by atoms with Gasteiger partial charge in [0.2, 0.25) is 0 Å². The number of halogens is 2. The van der Waals surface area contributed by atoms with Gasteiger partial charge in [-0.05, 0) is 21.5 Å². The summed E-state index contributed by atoms with van der Waals surface area (Å²) in [4.78, 5) is 23.1. The number of aromatic carboxylic acids is 2. The lowest BCUT2D eigenvalue weighted by Gasteiger charge is -2.11. The molecular weight excluding hydrogens is 327 g/mol. The second kappa shape index (κ2) is 6.64. The average molecular weight is 339 g/mol. The molecule has 0 aliphatic carbocycles. The first-order valence-electron chi connectivity index (χ1n) is 6.01. The summed E-state index contributed by atoms with van der Waals surface area (Å²) in [6, 6.07) is 13.4. The molecule has 114 valence electrons. The lowest BCUT2D eigenvalue weighted by atomic mass is 9.92. The van der Waals surface area contributed by atoms with Crippen LogP contribution in [-0.4, -0.2) is 22.2 Å². The van der Waals surface area contributed by atoms with Crippen LogP contribution in [0.5, 0.6) is 0 Å². The van der Waals surface area contributed by atoms with Crippen molar-refractivity contribution in [2.75, 3.05) is 0 Å². The molecule has 0 spiro atoms. The third-order valence-corrected chi connectivity index (χ3v) is 3.36. The highest BCUT2D eigenvalue weighted by Crippen LogP contribution is 2.32. The molecule has 22 heavy (non-hydrogen) atoms. The van der Waals surface area contributed by atoms with Gasteiger partial charge < -0.3 is 10.2 Å². The Balaban J connectivity index is 0.00000121. The van der Waals surface area contributed by atoms with Gasteiger partial charge in [0.25, 0.3) is 0 Å². The van der Waals surface area contributed by atoms with Gasteiger partial charge in [0, 0.05) is 0 Å². The van der Waals surface area contributed by atoms with Crippen molar-refractivity contribution in [2.45, 2.75) is 0 Å². The third-order valence-electron chi connectivity index (χ3n) is 3.36. The van der Waals surface area contributed by atoms with Gasteiger partial charge in [-0.15, -0.1) is 24.8 Å². The summed E-state index contributed by atoms with van der Waals surface area (Å²) >= 11 is 0. The van der Waals surface area contributed by atoms with Crippen molar-refractivity contribution >= 4 is 58.3 Å². The Hall–Kier alpha value is -2.30. The molecule has 4 nitrogen and oxygen atoms in total. The molecule has 0 saturated carbocycles. The van der Waals surface area contributed by atoms with Crippen LogP contribution < -0.4 is 0 Å². The van der Waals surface area contributed by atoms with Crippen LogP contribution in [0, 0.1) is 0 Å². The molecule has 0 radical (unpaired) electrons. The normalized spacial score (nSPS) is 9.82. The largest absolute Gasteiger partial charge is 0.478 e. The molecule has 0 aromatic heterocycles. The van der Waals surface area contributed by atoms with Crippen molar-refractivity contribution < 1.29 is 19.8 Å². The van der Waals surface area contributed by atoms with E-state index in [0.717, 1.165) is 0 Å². The zero-order valence-corrected chi connectivity index (χ0v) is 12.8. The van der Waals surface area contributed by atoms with Crippen molar-refractivity contribution in [3.63, 3.8) is 0 Å². The maximum atomic E-state index is 11.6. The van der Waals surface area contributed by atoms with Crippen molar-refractivity contribution in [1.29, 1.82) is 0 Å². The van der Waals surface area contributed by atoms with E-state index in [1.165, 1.54) is 0 Å². The van der Waals surface area contributed by atoms with E-state index in [1.807, 2.05) is 0 Å². The molecule has 0 unspecified atom stereocenters. The van der Waals surface area contributed by atoms with E-state index >= 15 is 0 Å². The fraction of sp³-hybridized carbons (Fsp3) is 0. The molecule has 0 saturated heterocycles. The van der Waals surface area contributed by atoms with Crippen molar-refractivity contribution in [1.82, 2.24) is 0 Å². The molecule has 0 fully saturated rings. The molecule has 0 aliphatic heterocycles. The number of carbonyl (C=O) groups is 2. The number of hydrogen-bond acceptors (Lipinski definition) is 2. The summed E-state index contributed by atoms with van der Waals surface area (Å²) in [7, 11) is 0. The molecule has 2 N–H and O–H groups in total. The van der Waals surface area contributed by atoms with Crippen molar-refractivity contribution in [3.8, 4) is 0 Å². The molecule has 0 aliphatic rings. The van der Waals surface area contributed by atoms with Crippen LogP contribution in [0.4, 0.5) is 0 Å². The minimum Gasteiger partial charge on any atom is -0.478 e.